The number of likely N-dealkylation sites (N-methyl/N-ethyl adjacent to an activating group) is 1. The number of nitrogens with zero attached hydrogens (tertiary/aromatic N) is 3. The first-order valence-corrected chi connectivity index (χ1v) is 19.8. The quantitative estimate of drug-likeness (QED) is 0.223. The van der Waals surface area contributed by atoms with Crippen LogP contribution < -0.4 is 9.46 Å². The zero-order valence-electron chi connectivity index (χ0n) is 30.2. The van der Waals surface area contributed by atoms with Crippen LogP contribution in [0.3, 0.4) is 0 Å². The number of hydrogen-bond donors (Lipinski definition) is 1. The SMILES string of the molecule is CCN(C)CC1CCCN1C(=O)C(C)(C)Cn1c(-c2ccc(OC)cc2C)c(C2CCCCC2)c2ccc(C(=O)NS(=O)(=O)C3CC3)cc21. The Bertz CT molecular complexity index is 1820. The van der Waals surface area contributed by atoms with Gasteiger partial charge in [0.05, 0.1) is 23.5 Å². The number of carbonyl (C=O) groups is 2. The molecule has 0 spiro atoms. The van der Waals surface area contributed by atoms with Gasteiger partial charge in [0, 0.05) is 47.7 Å². The van der Waals surface area contributed by atoms with Crippen LogP contribution in [0.1, 0.15) is 106 Å². The Labute approximate surface area is 292 Å². The van der Waals surface area contributed by atoms with Gasteiger partial charge >= 0.3 is 0 Å². The molecule has 9 nitrogen and oxygen atoms in total. The zero-order chi connectivity index (χ0) is 35.1. The molecule has 0 bridgehead atoms. The second-order valence-electron chi connectivity index (χ2n) is 15.3. The molecule has 2 amide bonds. The molecule has 1 N–H and O–H groups in total. The highest BCUT2D eigenvalue weighted by Gasteiger charge is 2.40. The number of amides is 2. The maximum absolute atomic E-state index is 14.5. The van der Waals surface area contributed by atoms with E-state index in [4.69, 9.17) is 4.74 Å². The number of hydrogen-bond acceptors (Lipinski definition) is 6. The summed E-state index contributed by atoms with van der Waals surface area (Å²) in [6.45, 7) is 11.3. The number of aryl methyl sites for hydroxylation is 1. The minimum absolute atomic E-state index is 0.141. The van der Waals surface area contributed by atoms with E-state index >= 15 is 0 Å². The minimum atomic E-state index is -3.71. The fourth-order valence-electron chi connectivity index (χ4n) is 8.09. The van der Waals surface area contributed by atoms with E-state index < -0.39 is 26.6 Å². The third kappa shape index (κ3) is 7.27. The second kappa shape index (κ2) is 14.1. The van der Waals surface area contributed by atoms with Gasteiger partial charge in [-0.3, -0.25) is 9.59 Å². The fourth-order valence-corrected chi connectivity index (χ4v) is 9.39. The lowest BCUT2D eigenvalue weighted by Crippen LogP contribution is -2.48. The summed E-state index contributed by atoms with van der Waals surface area (Å²) in [6.07, 6.45) is 8.85. The number of rotatable bonds is 12. The van der Waals surface area contributed by atoms with Crippen LogP contribution in [0, 0.1) is 12.3 Å². The molecule has 3 aromatic rings. The standard InChI is InChI=1S/C39H54N4O5S/c1-7-41(5)24-29-14-11-21-42(29)38(45)39(3,4)25-43-34-23-28(37(44)40-49(46,47)31-17-18-31)15-19-33(34)35(27-12-9-8-10-13-27)36(43)32-20-16-30(48-6)22-26(32)2/h15-16,19-20,22-23,27,29,31H,7-14,17-18,21,24-25H2,1-6H3,(H,40,44). The van der Waals surface area contributed by atoms with Crippen LogP contribution in [0.15, 0.2) is 36.4 Å². The van der Waals surface area contributed by atoms with Gasteiger partial charge in [0.2, 0.25) is 15.9 Å². The van der Waals surface area contributed by atoms with Crippen molar-refractivity contribution in [3.8, 4) is 17.0 Å². The molecule has 0 radical (unpaired) electrons. The molecule has 2 aromatic carbocycles. The number of aromatic nitrogens is 1. The molecule has 2 saturated carbocycles. The van der Waals surface area contributed by atoms with E-state index in [0.29, 0.717) is 30.9 Å². The number of fused-ring (bicyclic) bond motifs is 1. The number of likely N-dealkylation sites (tertiary alicyclic amines) is 1. The van der Waals surface area contributed by atoms with Crippen molar-refractivity contribution in [2.24, 2.45) is 5.41 Å². The van der Waals surface area contributed by atoms with Crippen molar-refractivity contribution in [2.45, 2.75) is 109 Å². The minimum Gasteiger partial charge on any atom is -0.497 e. The molecular formula is C39H54N4O5S. The van der Waals surface area contributed by atoms with Gasteiger partial charge < -0.3 is 19.1 Å². The van der Waals surface area contributed by atoms with Gasteiger partial charge in [-0.15, -0.1) is 0 Å². The van der Waals surface area contributed by atoms with E-state index in [1.165, 1.54) is 12.0 Å². The summed E-state index contributed by atoms with van der Waals surface area (Å²) in [4.78, 5) is 32.4. The third-order valence-corrected chi connectivity index (χ3v) is 12.9. The van der Waals surface area contributed by atoms with E-state index in [1.807, 2.05) is 32.0 Å². The molecule has 1 saturated heterocycles. The van der Waals surface area contributed by atoms with Crippen LogP contribution in [-0.2, 0) is 21.4 Å². The van der Waals surface area contributed by atoms with Gasteiger partial charge in [-0.25, -0.2) is 13.1 Å². The van der Waals surface area contributed by atoms with Crippen LogP contribution in [0.5, 0.6) is 5.75 Å². The van der Waals surface area contributed by atoms with Gasteiger partial charge in [0.25, 0.3) is 5.91 Å². The summed E-state index contributed by atoms with van der Waals surface area (Å²) < 4.78 is 35.7. The molecule has 1 aliphatic heterocycles. The summed E-state index contributed by atoms with van der Waals surface area (Å²) in [5, 5.41) is 0.565. The van der Waals surface area contributed by atoms with Crippen molar-refractivity contribution in [3.63, 3.8) is 0 Å². The number of carbonyl (C=O) groups excluding carboxylic acids is 2. The molecule has 2 aliphatic carbocycles. The van der Waals surface area contributed by atoms with Crippen LogP contribution in [0.2, 0.25) is 0 Å². The van der Waals surface area contributed by atoms with E-state index in [1.54, 1.807) is 13.2 Å². The Kier molecular flexibility index (Phi) is 10.2. The van der Waals surface area contributed by atoms with Gasteiger partial charge in [0.15, 0.2) is 0 Å². The lowest BCUT2D eigenvalue weighted by atomic mass is 9.81. The monoisotopic (exact) mass is 690 g/mol. The molecule has 6 rings (SSSR count). The first kappa shape index (κ1) is 35.5. The maximum Gasteiger partial charge on any atom is 0.264 e. The summed E-state index contributed by atoms with van der Waals surface area (Å²) in [6, 6.07) is 12.0. The number of benzene rings is 2. The highest BCUT2D eigenvalue weighted by atomic mass is 32.2. The van der Waals surface area contributed by atoms with Crippen LogP contribution in [0.25, 0.3) is 22.2 Å². The number of sulfonamides is 1. The Balaban J connectivity index is 1.51. The smallest absolute Gasteiger partial charge is 0.264 e. The Morgan fingerprint density at radius 1 is 1.00 bits per heavy atom. The molecule has 1 unspecified atom stereocenters. The average molecular weight is 691 g/mol. The summed E-state index contributed by atoms with van der Waals surface area (Å²) in [5.74, 6) is 0.641. The Hall–Kier alpha value is -3.37. The fraction of sp³-hybridized carbons (Fsp3) is 0.590. The first-order valence-electron chi connectivity index (χ1n) is 18.2. The predicted molar refractivity (Wildman–Crippen MR) is 196 cm³/mol. The molecule has 266 valence electrons. The highest BCUT2D eigenvalue weighted by Crippen LogP contribution is 2.46. The van der Waals surface area contributed by atoms with Crippen molar-refractivity contribution in [1.82, 2.24) is 19.1 Å². The van der Waals surface area contributed by atoms with Gasteiger partial charge in [-0.05, 0) is 120 Å². The van der Waals surface area contributed by atoms with E-state index in [0.717, 1.165) is 91.6 Å². The topological polar surface area (TPSA) is 101 Å². The van der Waals surface area contributed by atoms with Crippen molar-refractivity contribution in [1.29, 1.82) is 0 Å². The molecule has 2 heterocycles. The lowest BCUT2D eigenvalue weighted by molar-refractivity contribution is -0.142. The van der Waals surface area contributed by atoms with Crippen molar-refractivity contribution >= 4 is 32.7 Å². The number of ether oxygens (including phenoxy) is 1. The van der Waals surface area contributed by atoms with E-state index in [9.17, 15) is 18.0 Å². The highest BCUT2D eigenvalue weighted by molar-refractivity contribution is 7.91. The van der Waals surface area contributed by atoms with Crippen LogP contribution >= 0.6 is 0 Å². The molecule has 1 aromatic heterocycles. The van der Waals surface area contributed by atoms with Gasteiger partial charge in [-0.2, -0.15) is 0 Å². The Morgan fingerprint density at radius 2 is 1.73 bits per heavy atom. The molecular weight excluding hydrogens is 637 g/mol. The zero-order valence-corrected chi connectivity index (χ0v) is 31.0. The lowest BCUT2D eigenvalue weighted by Gasteiger charge is -2.35. The van der Waals surface area contributed by atoms with Gasteiger partial charge in [0.1, 0.15) is 5.75 Å². The van der Waals surface area contributed by atoms with E-state index in [2.05, 4.69) is 52.1 Å². The summed E-state index contributed by atoms with van der Waals surface area (Å²) in [7, 11) is 0.0721. The molecule has 49 heavy (non-hydrogen) atoms. The van der Waals surface area contributed by atoms with Crippen molar-refractivity contribution < 1.29 is 22.7 Å². The number of methoxy groups -OCH3 is 1. The van der Waals surface area contributed by atoms with Crippen LogP contribution in [-0.4, -0.2) is 79.7 Å². The normalized spacial score (nSPS) is 19.2. The third-order valence-electron chi connectivity index (χ3n) is 11.1. The summed E-state index contributed by atoms with van der Waals surface area (Å²) >= 11 is 0. The molecule has 10 heteroatoms. The summed E-state index contributed by atoms with van der Waals surface area (Å²) in [5.41, 5.74) is 4.88. The largest absolute Gasteiger partial charge is 0.497 e. The average Bonchev–Trinajstić information content (AvgIpc) is 3.79. The van der Waals surface area contributed by atoms with Gasteiger partial charge in [-0.1, -0.05) is 32.3 Å². The van der Waals surface area contributed by atoms with E-state index in [-0.39, 0.29) is 11.9 Å². The first-order chi connectivity index (χ1) is 23.3. The molecule has 1 atom stereocenters. The number of nitrogens with one attached hydrogen (secondary N) is 1. The predicted octanol–water partition coefficient (Wildman–Crippen LogP) is 6.86. The van der Waals surface area contributed by atoms with Crippen molar-refractivity contribution in [3.05, 3.63) is 53.1 Å². The molecule has 3 aliphatic rings. The second-order valence-corrected chi connectivity index (χ2v) is 17.3. The van der Waals surface area contributed by atoms with Crippen LogP contribution in [0.4, 0.5) is 0 Å². The van der Waals surface area contributed by atoms with Crippen molar-refractivity contribution in [2.75, 3.05) is 33.8 Å². The Morgan fingerprint density at radius 3 is 2.39 bits per heavy atom. The molecule has 3 fully saturated rings. The maximum atomic E-state index is 14.5.